The van der Waals surface area contributed by atoms with E-state index in [1.54, 1.807) is 4.90 Å². The molecule has 2 amide bonds. The van der Waals surface area contributed by atoms with E-state index in [0.717, 1.165) is 24.1 Å². The molecule has 1 saturated heterocycles. The lowest BCUT2D eigenvalue weighted by atomic mass is 10.0. The second kappa shape index (κ2) is 8.37. The van der Waals surface area contributed by atoms with Crippen molar-refractivity contribution in [3.8, 4) is 0 Å². The summed E-state index contributed by atoms with van der Waals surface area (Å²) in [6.45, 7) is 14.4. The lowest BCUT2D eigenvalue weighted by Gasteiger charge is -2.24. The molecule has 0 saturated carbocycles. The molecule has 1 N–H and O–H groups in total. The summed E-state index contributed by atoms with van der Waals surface area (Å²) in [6, 6.07) is 3.82. The fourth-order valence-electron chi connectivity index (χ4n) is 3.10. The van der Waals surface area contributed by atoms with Crippen LogP contribution in [0.25, 0.3) is 0 Å². The van der Waals surface area contributed by atoms with Crippen molar-refractivity contribution in [2.75, 3.05) is 18.4 Å². The molecule has 1 aliphatic heterocycles. The first-order chi connectivity index (χ1) is 12.8. The minimum Gasteiger partial charge on any atom is -0.444 e. The van der Waals surface area contributed by atoms with Crippen LogP contribution >= 0.6 is 0 Å². The molecule has 0 radical (unpaired) electrons. The lowest BCUT2D eigenvalue weighted by Crippen LogP contribution is -2.35. The van der Waals surface area contributed by atoms with Gasteiger partial charge in [0, 0.05) is 18.8 Å². The zero-order chi connectivity index (χ0) is 21.1. The molecule has 2 rings (SSSR count). The van der Waals surface area contributed by atoms with Crippen LogP contribution in [0.15, 0.2) is 12.1 Å². The number of aromatic nitrogens is 1. The highest BCUT2D eigenvalue weighted by atomic mass is 16.6. The summed E-state index contributed by atoms with van der Waals surface area (Å²) in [7, 11) is 0. The number of nitrogens with zero attached hydrogens (tertiary/aromatic N) is 2. The van der Waals surface area contributed by atoms with Gasteiger partial charge in [0.2, 0.25) is 0 Å². The molecule has 1 aliphatic rings. The normalized spacial score (nSPS) is 17.4. The zero-order valence-electron chi connectivity index (χ0n) is 18.1. The molecule has 1 aromatic rings. The lowest BCUT2D eigenvalue weighted by molar-refractivity contribution is 0.0287. The van der Waals surface area contributed by atoms with Crippen molar-refractivity contribution < 1.29 is 19.1 Å². The fraction of sp³-hybridized carbons (Fsp3) is 0.667. The predicted molar refractivity (Wildman–Crippen MR) is 108 cm³/mol. The van der Waals surface area contributed by atoms with Crippen LogP contribution in [0.1, 0.15) is 59.2 Å². The van der Waals surface area contributed by atoms with Gasteiger partial charge in [-0.15, -0.1) is 0 Å². The molecule has 0 aromatic carbocycles. The van der Waals surface area contributed by atoms with Crippen LogP contribution in [0.4, 0.5) is 15.4 Å². The number of hydrogen-bond donors (Lipinski definition) is 1. The van der Waals surface area contributed by atoms with Crippen molar-refractivity contribution in [3.05, 3.63) is 23.4 Å². The number of aryl methyl sites for hydroxylation is 1. The van der Waals surface area contributed by atoms with Crippen molar-refractivity contribution in [2.45, 2.75) is 72.5 Å². The van der Waals surface area contributed by atoms with Crippen molar-refractivity contribution in [3.63, 3.8) is 0 Å². The van der Waals surface area contributed by atoms with Crippen LogP contribution in [-0.2, 0) is 15.9 Å². The SMILES string of the molecule is Cc1cc(C[C@H]2CCN(C(=O)OC(C)(C)C)C2)nc(NC(=O)OC(C)(C)C)c1. The monoisotopic (exact) mass is 391 g/mol. The number of carbonyl (C=O) groups excluding carboxylic acids is 2. The number of rotatable bonds is 3. The Morgan fingerprint density at radius 2 is 1.79 bits per heavy atom. The van der Waals surface area contributed by atoms with E-state index < -0.39 is 17.3 Å². The smallest absolute Gasteiger partial charge is 0.413 e. The van der Waals surface area contributed by atoms with Crippen LogP contribution in [0.3, 0.4) is 0 Å². The van der Waals surface area contributed by atoms with Crippen molar-refractivity contribution in [1.82, 2.24) is 9.88 Å². The average Bonchev–Trinajstić information content (AvgIpc) is 2.91. The summed E-state index contributed by atoms with van der Waals surface area (Å²) in [5, 5.41) is 2.70. The number of hydrogen-bond acceptors (Lipinski definition) is 5. The summed E-state index contributed by atoms with van der Waals surface area (Å²) in [6.07, 6.45) is 0.862. The topological polar surface area (TPSA) is 80.8 Å². The van der Waals surface area contributed by atoms with Crippen molar-refractivity contribution >= 4 is 18.0 Å². The molecular weight excluding hydrogens is 358 g/mol. The zero-order valence-corrected chi connectivity index (χ0v) is 18.1. The van der Waals surface area contributed by atoms with E-state index in [0.29, 0.717) is 24.8 Å². The molecule has 0 aliphatic carbocycles. The van der Waals surface area contributed by atoms with Crippen molar-refractivity contribution in [2.24, 2.45) is 5.92 Å². The second-order valence-corrected chi connectivity index (χ2v) is 9.43. The first-order valence-corrected chi connectivity index (χ1v) is 9.76. The van der Waals surface area contributed by atoms with Gasteiger partial charge in [-0.1, -0.05) is 0 Å². The Labute approximate surface area is 167 Å². The Morgan fingerprint density at radius 3 is 2.39 bits per heavy atom. The van der Waals surface area contributed by atoms with Gasteiger partial charge in [0.15, 0.2) is 0 Å². The van der Waals surface area contributed by atoms with Gasteiger partial charge in [0.05, 0.1) is 0 Å². The fourth-order valence-corrected chi connectivity index (χ4v) is 3.10. The van der Waals surface area contributed by atoms with Gasteiger partial charge in [0.1, 0.15) is 17.0 Å². The molecule has 1 aromatic heterocycles. The summed E-state index contributed by atoms with van der Waals surface area (Å²) in [4.78, 5) is 30.5. The molecule has 1 atom stereocenters. The highest BCUT2D eigenvalue weighted by Crippen LogP contribution is 2.23. The summed E-state index contributed by atoms with van der Waals surface area (Å²) >= 11 is 0. The maximum Gasteiger partial charge on any atom is 0.413 e. The Morgan fingerprint density at radius 1 is 1.14 bits per heavy atom. The quantitative estimate of drug-likeness (QED) is 0.818. The summed E-state index contributed by atoms with van der Waals surface area (Å²) in [5.41, 5.74) is 0.849. The molecule has 156 valence electrons. The minimum atomic E-state index is -0.564. The molecule has 7 nitrogen and oxygen atoms in total. The average molecular weight is 392 g/mol. The Bertz CT molecular complexity index is 719. The molecule has 0 unspecified atom stereocenters. The number of ether oxygens (including phenoxy) is 2. The largest absolute Gasteiger partial charge is 0.444 e. The Balaban J connectivity index is 1.97. The van der Waals surface area contributed by atoms with E-state index in [1.165, 1.54) is 0 Å². The van der Waals surface area contributed by atoms with Gasteiger partial charge in [-0.25, -0.2) is 14.6 Å². The highest BCUT2D eigenvalue weighted by Gasteiger charge is 2.30. The first-order valence-electron chi connectivity index (χ1n) is 9.76. The summed E-state index contributed by atoms with van der Waals surface area (Å²) in [5.74, 6) is 0.794. The molecule has 0 spiro atoms. The number of pyridine rings is 1. The summed E-state index contributed by atoms with van der Waals surface area (Å²) < 4.78 is 10.7. The van der Waals surface area contributed by atoms with Crippen LogP contribution in [0.5, 0.6) is 0 Å². The maximum absolute atomic E-state index is 12.2. The molecule has 2 heterocycles. The highest BCUT2D eigenvalue weighted by molar-refractivity contribution is 5.83. The molecule has 7 heteroatoms. The van der Waals surface area contributed by atoms with Gasteiger partial charge in [-0.05, 0) is 84.9 Å². The molecule has 28 heavy (non-hydrogen) atoms. The van der Waals surface area contributed by atoms with E-state index in [-0.39, 0.29) is 6.09 Å². The van der Waals surface area contributed by atoms with E-state index in [9.17, 15) is 9.59 Å². The third-order valence-corrected chi connectivity index (χ3v) is 4.09. The van der Waals surface area contributed by atoms with E-state index in [4.69, 9.17) is 9.47 Å². The van der Waals surface area contributed by atoms with Crippen molar-refractivity contribution in [1.29, 1.82) is 0 Å². The van der Waals surface area contributed by atoms with E-state index >= 15 is 0 Å². The van der Waals surface area contributed by atoms with Crippen LogP contribution < -0.4 is 5.32 Å². The van der Waals surface area contributed by atoms with E-state index in [2.05, 4.69) is 10.3 Å². The molecule has 0 bridgehead atoms. The second-order valence-electron chi connectivity index (χ2n) is 9.43. The first kappa shape index (κ1) is 22.0. The van der Waals surface area contributed by atoms with Crippen LogP contribution in [-0.4, -0.2) is 46.4 Å². The molecular formula is C21H33N3O4. The maximum atomic E-state index is 12.2. The van der Waals surface area contributed by atoms with E-state index in [1.807, 2.05) is 60.6 Å². The van der Waals surface area contributed by atoms with Gasteiger partial charge in [0.25, 0.3) is 0 Å². The number of likely N-dealkylation sites (tertiary alicyclic amines) is 1. The predicted octanol–water partition coefficient (Wildman–Crippen LogP) is 4.54. The number of anilines is 1. The molecule has 1 fully saturated rings. The third kappa shape index (κ3) is 7.37. The van der Waals surface area contributed by atoms with Crippen LogP contribution in [0.2, 0.25) is 0 Å². The number of carbonyl (C=O) groups is 2. The Hall–Kier alpha value is -2.31. The minimum absolute atomic E-state index is 0.264. The standard InChI is InChI=1S/C21H33N3O4/c1-14-10-16(22-17(11-14)23-18(25)27-20(2,3)4)12-15-8-9-24(13-15)19(26)28-21(5,6)7/h10-11,15H,8-9,12-13H2,1-7H3,(H,22,23,25)/t15-/m1/s1. The number of nitrogens with one attached hydrogen (secondary N) is 1. The Kier molecular flexibility index (Phi) is 6.57. The van der Waals surface area contributed by atoms with Gasteiger partial charge in [-0.3, -0.25) is 5.32 Å². The third-order valence-electron chi connectivity index (χ3n) is 4.09. The van der Waals surface area contributed by atoms with Gasteiger partial charge < -0.3 is 14.4 Å². The van der Waals surface area contributed by atoms with Gasteiger partial charge >= 0.3 is 12.2 Å². The number of amides is 2. The van der Waals surface area contributed by atoms with Crippen LogP contribution in [0, 0.1) is 12.8 Å². The van der Waals surface area contributed by atoms with Gasteiger partial charge in [-0.2, -0.15) is 0 Å².